The molecule has 4 rings (SSSR count). The molecule has 28 heavy (non-hydrogen) atoms. The van der Waals surface area contributed by atoms with Gasteiger partial charge in [0.05, 0.1) is 6.54 Å². The van der Waals surface area contributed by atoms with Gasteiger partial charge in [0.15, 0.2) is 6.10 Å². The summed E-state index contributed by atoms with van der Waals surface area (Å²) in [5, 5.41) is 0. The van der Waals surface area contributed by atoms with Crippen LogP contribution < -0.4 is 0 Å². The van der Waals surface area contributed by atoms with Crippen LogP contribution in [0, 0.1) is 0 Å². The van der Waals surface area contributed by atoms with Gasteiger partial charge in [-0.2, -0.15) is 4.31 Å². The van der Waals surface area contributed by atoms with Gasteiger partial charge in [0.2, 0.25) is 10.0 Å². The molecule has 10 heteroatoms. The van der Waals surface area contributed by atoms with Gasteiger partial charge in [0.1, 0.15) is 16.3 Å². The lowest BCUT2D eigenvalue weighted by molar-refractivity contribution is -0.177. The molecule has 0 aromatic carbocycles. The SMILES string of the molecule is CN(C)C(=O)[C@H]1Cn2ccnc2C2(CCN(S(=O)(=O)c3cccnc3)CC2)O1. The molecular weight excluding hydrogens is 382 g/mol. The summed E-state index contributed by atoms with van der Waals surface area (Å²) in [5.74, 6) is 0.651. The Labute approximate surface area is 164 Å². The third-order valence-electron chi connectivity index (χ3n) is 5.37. The maximum atomic E-state index is 12.9. The van der Waals surface area contributed by atoms with Crippen LogP contribution in [0.15, 0.2) is 41.8 Å². The second-order valence-corrected chi connectivity index (χ2v) is 9.27. The molecule has 1 saturated heterocycles. The topological polar surface area (TPSA) is 97.6 Å². The fourth-order valence-electron chi connectivity index (χ4n) is 3.89. The fourth-order valence-corrected chi connectivity index (χ4v) is 5.30. The quantitative estimate of drug-likeness (QED) is 0.735. The molecule has 2 aliphatic rings. The minimum atomic E-state index is -3.61. The van der Waals surface area contributed by atoms with Crippen LogP contribution in [0.25, 0.3) is 0 Å². The first-order chi connectivity index (χ1) is 13.3. The van der Waals surface area contributed by atoms with Crippen LogP contribution in [0.5, 0.6) is 0 Å². The maximum absolute atomic E-state index is 12.9. The van der Waals surface area contributed by atoms with Crippen molar-refractivity contribution in [2.75, 3.05) is 27.2 Å². The number of nitrogens with zero attached hydrogens (tertiary/aromatic N) is 5. The van der Waals surface area contributed by atoms with Gasteiger partial charge in [-0.3, -0.25) is 9.78 Å². The van der Waals surface area contributed by atoms with Crippen LogP contribution in [-0.2, 0) is 31.7 Å². The van der Waals surface area contributed by atoms with Crippen LogP contribution >= 0.6 is 0 Å². The van der Waals surface area contributed by atoms with Crippen molar-refractivity contribution < 1.29 is 17.9 Å². The zero-order valence-electron chi connectivity index (χ0n) is 15.9. The van der Waals surface area contributed by atoms with Crippen LogP contribution in [-0.4, -0.2) is 71.4 Å². The molecule has 4 heterocycles. The molecule has 0 bridgehead atoms. The second-order valence-electron chi connectivity index (χ2n) is 7.33. The van der Waals surface area contributed by atoms with Crippen molar-refractivity contribution in [2.45, 2.75) is 36.0 Å². The first-order valence-electron chi connectivity index (χ1n) is 9.14. The van der Waals surface area contributed by atoms with Crippen molar-refractivity contribution in [3.8, 4) is 0 Å². The number of hydrogen-bond donors (Lipinski definition) is 0. The average molecular weight is 405 g/mol. The predicted molar refractivity (Wildman–Crippen MR) is 99.7 cm³/mol. The van der Waals surface area contributed by atoms with Gasteiger partial charge in [0.25, 0.3) is 5.91 Å². The number of rotatable bonds is 3. The lowest BCUT2D eigenvalue weighted by Crippen LogP contribution is -2.54. The number of ether oxygens (including phenoxy) is 1. The van der Waals surface area contributed by atoms with E-state index in [4.69, 9.17) is 4.74 Å². The molecule has 1 fully saturated rings. The molecule has 9 nitrogen and oxygen atoms in total. The van der Waals surface area contributed by atoms with Crippen molar-refractivity contribution in [1.82, 2.24) is 23.7 Å². The number of pyridine rings is 1. The molecule has 0 unspecified atom stereocenters. The summed E-state index contributed by atoms with van der Waals surface area (Å²) in [7, 11) is -0.213. The van der Waals surface area contributed by atoms with Gasteiger partial charge in [-0.1, -0.05) is 0 Å². The molecule has 0 radical (unpaired) electrons. The summed E-state index contributed by atoms with van der Waals surface area (Å²) in [6.07, 6.45) is 6.69. The Balaban J connectivity index is 1.58. The standard InChI is InChI=1S/C18H23N5O4S/c1-21(2)16(24)15-13-22-11-8-20-17(22)18(27-15)5-9-23(10-6-18)28(25,26)14-4-3-7-19-12-14/h3-4,7-8,11-12,15H,5-6,9-10,13H2,1-2H3/t15-/m1/s1. The van der Waals surface area contributed by atoms with Gasteiger partial charge < -0.3 is 14.2 Å². The second kappa shape index (κ2) is 6.94. The first kappa shape index (κ1) is 19.0. The third-order valence-corrected chi connectivity index (χ3v) is 7.25. The molecular formula is C18H23N5O4S. The number of imidazole rings is 1. The van der Waals surface area contributed by atoms with Crippen LogP contribution in [0.3, 0.4) is 0 Å². The Kier molecular flexibility index (Phi) is 4.72. The van der Waals surface area contributed by atoms with Crippen LogP contribution in [0.4, 0.5) is 0 Å². The molecule has 1 amide bonds. The molecule has 1 spiro atoms. The van der Waals surface area contributed by atoms with Gasteiger partial charge in [-0.05, 0) is 25.0 Å². The lowest BCUT2D eigenvalue weighted by Gasteiger charge is -2.45. The minimum absolute atomic E-state index is 0.107. The molecule has 1 atom stereocenters. The first-order valence-corrected chi connectivity index (χ1v) is 10.6. The highest BCUT2D eigenvalue weighted by Gasteiger charge is 2.48. The summed E-state index contributed by atoms with van der Waals surface area (Å²) < 4.78 is 35.4. The minimum Gasteiger partial charge on any atom is -0.352 e. The van der Waals surface area contributed by atoms with Crippen molar-refractivity contribution in [2.24, 2.45) is 0 Å². The number of carbonyl (C=O) groups excluding carboxylic acids is 1. The van der Waals surface area contributed by atoms with Crippen molar-refractivity contribution in [3.63, 3.8) is 0 Å². The Morgan fingerprint density at radius 2 is 2.04 bits per heavy atom. The monoisotopic (exact) mass is 405 g/mol. The summed E-state index contributed by atoms with van der Waals surface area (Å²) in [6, 6.07) is 3.15. The fraction of sp³-hybridized carbons (Fsp3) is 0.500. The van der Waals surface area contributed by atoms with Crippen molar-refractivity contribution >= 4 is 15.9 Å². The number of sulfonamides is 1. The Hall–Kier alpha value is -2.30. The van der Waals surface area contributed by atoms with Gasteiger partial charge in [-0.15, -0.1) is 0 Å². The third kappa shape index (κ3) is 3.11. The predicted octanol–water partition coefficient (Wildman–Crippen LogP) is 0.445. The number of fused-ring (bicyclic) bond motifs is 2. The number of hydrogen-bond acceptors (Lipinski definition) is 6. The zero-order chi connectivity index (χ0) is 19.9. The number of carbonyl (C=O) groups is 1. The lowest BCUT2D eigenvalue weighted by atomic mass is 9.89. The molecule has 0 N–H and O–H groups in total. The summed E-state index contributed by atoms with van der Waals surface area (Å²) in [5.41, 5.74) is -0.765. The van der Waals surface area contributed by atoms with E-state index in [0.717, 1.165) is 5.82 Å². The summed E-state index contributed by atoms with van der Waals surface area (Å²) in [6.45, 7) is 0.978. The Morgan fingerprint density at radius 1 is 1.29 bits per heavy atom. The Bertz CT molecular complexity index is 965. The number of likely N-dealkylation sites (N-methyl/N-ethyl adjacent to an activating group) is 1. The van der Waals surface area contributed by atoms with Gasteiger partial charge in [-0.25, -0.2) is 13.4 Å². The molecule has 0 aliphatic carbocycles. The number of amides is 1. The number of aromatic nitrogens is 3. The van der Waals surface area contributed by atoms with E-state index in [0.29, 0.717) is 19.4 Å². The zero-order valence-corrected chi connectivity index (χ0v) is 16.7. The summed E-state index contributed by atoms with van der Waals surface area (Å²) in [4.78, 5) is 22.6. The van der Waals surface area contributed by atoms with E-state index in [1.165, 1.54) is 15.4 Å². The maximum Gasteiger partial charge on any atom is 0.253 e. The molecule has 0 saturated carbocycles. The van der Waals surface area contributed by atoms with Crippen molar-refractivity contribution in [1.29, 1.82) is 0 Å². The molecule has 2 aromatic heterocycles. The van der Waals surface area contributed by atoms with Crippen LogP contribution in [0.1, 0.15) is 18.7 Å². The smallest absolute Gasteiger partial charge is 0.253 e. The molecule has 2 aromatic rings. The normalized spacial score (nSPS) is 22.0. The van der Waals surface area contributed by atoms with E-state index in [1.54, 1.807) is 38.6 Å². The van der Waals surface area contributed by atoms with E-state index < -0.39 is 21.7 Å². The van der Waals surface area contributed by atoms with Crippen molar-refractivity contribution in [3.05, 3.63) is 42.7 Å². The van der Waals surface area contributed by atoms with E-state index in [9.17, 15) is 13.2 Å². The van der Waals surface area contributed by atoms with Gasteiger partial charge in [0, 0.05) is 52.0 Å². The van der Waals surface area contributed by atoms with E-state index in [2.05, 4.69) is 9.97 Å². The van der Waals surface area contributed by atoms with Gasteiger partial charge >= 0.3 is 0 Å². The highest BCUT2D eigenvalue weighted by Crippen LogP contribution is 2.41. The summed E-state index contributed by atoms with van der Waals surface area (Å²) >= 11 is 0. The molecule has 150 valence electrons. The molecule has 2 aliphatic heterocycles. The highest BCUT2D eigenvalue weighted by atomic mass is 32.2. The average Bonchev–Trinajstić information content (AvgIpc) is 3.18. The highest BCUT2D eigenvalue weighted by molar-refractivity contribution is 7.89. The number of piperidine rings is 1. The largest absolute Gasteiger partial charge is 0.352 e. The Morgan fingerprint density at radius 3 is 2.68 bits per heavy atom. The van der Waals surface area contributed by atoms with E-state index in [-0.39, 0.29) is 23.9 Å². The van der Waals surface area contributed by atoms with Crippen LogP contribution in [0.2, 0.25) is 0 Å². The van der Waals surface area contributed by atoms with E-state index in [1.807, 2.05) is 10.8 Å². The van der Waals surface area contributed by atoms with E-state index >= 15 is 0 Å².